The number of rotatable bonds is 2. The van der Waals surface area contributed by atoms with Gasteiger partial charge in [0.15, 0.2) is 0 Å². The highest BCUT2D eigenvalue weighted by atomic mass is 16.5. The molecule has 0 spiro atoms. The number of allylic oxidation sites excluding steroid dienone is 5. The number of benzene rings is 1. The number of ether oxygens (including phenoxy) is 1. The molecule has 0 radical (unpaired) electrons. The normalized spacial score (nSPS) is 21.2. The lowest BCUT2D eigenvalue weighted by Crippen LogP contribution is -2.27. The molecule has 1 atom stereocenters. The summed E-state index contributed by atoms with van der Waals surface area (Å²) in [6.07, 6.45) is 14.4. The van der Waals surface area contributed by atoms with E-state index in [-0.39, 0.29) is 0 Å². The molecule has 3 aliphatic rings. The smallest absolute Gasteiger partial charge is 0.127 e. The van der Waals surface area contributed by atoms with Crippen molar-refractivity contribution in [3.05, 3.63) is 58.0 Å². The Morgan fingerprint density at radius 3 is 3.05 bits per heavy atom. The van der Waals surface area contributed by atoms with E-state index < -0.39 is 0 Å². The van der Waals surface area contributed by atoms with Crippen LogP contribution in [0.25, 0.3) is 17.7 Å². The zero-order valence-corrected chi connectivity index (χ0v) is 11.7. The monoisotopic (exact) mass is 273 g/mol. The standard InChI is InChI=1S/C19H15NO/c20-10-8-15-17(13-4-2-1-3-5-13)12-14-6-7-18-16(19(14)15)9-11-21-18/h1-4,6-7,9,12-13H,5,8,11H2. The molecule has 102 valence electrons. The molecule has 2 heteroatoms. The lowest BCUT2D eigenvalue weighted by Gasteiger charge is -2.16. The molecule has 0 saturated heterocycles. The van der Waals surface area contributed by atoms with E-state index in [2.05, 4.69) is 48.6 Å². The van der Waals surface area contributed by atoms with Gasteiger partial charge in [-0.25, -0.2) is 0 Å². The minimum Gasteiger partial charge on any atom is -0.489 e. The van der Waals surface area contributed by atoms with Crippen molar-refractivity contribution in [2.45, 2.75) is 12.8 Å². The number of hydrogen-bond acceptors (Lipinski definition) is 2. The van der Waals surface area contributed by atoms with Crippen LogP contribution < -0.4 is 15.2 Å². The molecular formula is C19H15NO. The molecule has 0 fully saturated rings. The molecule has 0 bridgehead atoms. The minimum absolute atomic E-state index is 0.378. The largest absolute Gasteiger partial charge is 0.489 e. The molecule has 2 nitrogen and oxygen atoms in total. The third kappa shape index (κ3) is 1.86. The first kappa shape index (κ1) is 12.2. The summed E-state index contributed by atoms with van der Waals surface area (Å²) in [4.78, 5) is 0. The molecule has 21 heavy (non-hydrogen) atoms. The summed E-state index contributed by atoms with van der Waals surface area (Å²) in [5.74, 6) is 1.32. The van der Waals surface area contributed by atoms with E-state index in [4.69, 9.17) is 4.74 Å². The molecule has 1 aromatic carbocycles. The van der Waals surface area contributed by atoms with Crippen LogP contribution in [0.1, 0.15) is 18.4 Å². The second-order valence-electron chi connectivity index (χ2n) is 5.53. The highest BCUT2D eigenvalue weighted by Gasteiger charge is 2.23. The van der Waals surface area contributed by atoms with Crippen LogP contribution in [0.2, 0.25) is 0 Å². The van der Waals surface area contributed by atoms with Gasteiger partial charge in [0.05, 0.1) is 12.5 Å². The fourth-order valence-corrected chi connectivity index (χ4v) is 3.43. The predicted molar refractivity (Wildman–Crippen MR) is 83.7 cm³/mol. The molecule has 2 aliphatic carbocycles. The molecule has 1 aromatic rings. The van der Waals surface area contributed by atoms with Crippen LogP contribution in [0.5, 0.6) is 5.75 Å². The Hall–Kier alpha value is -2.53. The van der Waals surface area contributed by atoms with Crippen molar-refractivity contribution in [2.75, 3.05) is 6.61 Å². The first-order valence-corrected chi connectivity index (χ1v) is 7.30. The Morgan fingerprint density at radius 2 is 2.24 bits per heavy atom. The molecule has 0 saturated carbocycles. The van der Waals surface area contributed by atoms with Crippen molar-refractivity contribution >= 4 is 17.7 Å². The zero-order chi connectivity index (χ0) is 14.2. The van der Waals surface area contributed by atoms with Crippen LogP contribution in [-0.4, -0.2) is 6.61 Å². The summed E-state index contributed by atoms with van der Waals surface area (Å²) < 4.78 is 5.63. The minimum atomic E-state index is 0.378. The van der Waals surface area contributed by atoms with Crippen molar-refractivity contribution in [3.63, 3.8) is 0 Å². The van der Waals surface area contributed by atoms with Gasteiger partial charge in [0, 0.05) is 11.1 Å². The van der Waals surface area contributed by atoms with Gasteiger partial charge >= 0.3 is 0 Å². The van der Waals surface area contributed by atoms with Gasteiger partial charge in [0.25, 0.3) is 0 Å². The fourth-order valence-electron chi connectivity index (χ4n) is 3.43. The van der Waals surface area contributed by atoms with E-state index in [0.717, 1.165) is 12.2 Å². The van der Waals surface area contributed by atoms with Crippen LogP contribution in [0.4, 0.5) is 0 Å². The second-order valence-corrected chi connectivity index (χ2v) is 5.53. The Balaban J connectivity index is 1.95. The SMILES string of the molecule is N#CCC1=c2c(ccc3c2=CCO3)C=C1C1C=CC=CC1. The Labute approximate surface area is 123 Å². The number of nitrogens with zero attached hydrogens (tertiary/aromatic N) is 1. The van der Waals surface area contributed by atoms with E-state index in [9.17, 15) is 5.26 Å². The highest BCUT2D eigenvalue weighted by Crippen LogP contribution is 2.33. The molecular weight excluding hydrogens is 258 g/mol. The molecule has 1 aliphatic heterocycles. The number of nitriles is 1. The van der Waals surface area contributed by atoms with Gasteiger partial charge in [-0.3, -0.25) is 0 Å². The summed E-state index contributed by atoms with van der Waals surface area (Å²) in [5.41, 5.74) is 3.69. The van der Waals surface area contributed by atoms with Crippen molar-refractivity contribution in [1.29, 1.82) is 5.26 Å². The first-order chi connectivity index (χ1) is 10.4. The predicted octanol–water partition coefficient (Wildman–Crippen LogP) is 2.45. The first-order valence-electron chi connectivity index (χ1n) is 7.30. The maximum Gasteiger partial charge on any atom is 0.127 e. The molecule has 4 rings (SSSR count). The van der Waals surface area contributed by atoms with Gasteiger partial charge in [-0.05, 0) is 40.5 Å². The van der Waals surface area contributed by atoms with E-state index in [1.807, 2.05) is 6.07 Å². The van der Waals surface area contributed by atoms with Gasteiger partial charge in [-0.2, -0.15) is 5.26 Å². The molecule has 1 heterocycles. The third-order valence-corrected chi connectivity index (χ3v) is 4.36. The molecule has 0 aromatic heterocycles. The molecule has 0 N–H and O–H groups in total. The quantitative estimate of drug-likeness (QED) is 0.829. The maximum absolute atomic E-state index is 9.25. The lowest BCUT2D eigenvalue weighted by molar-refractivity contribution is 0.385. The number of hydrogen-bond donors (Lipinski definition) is 0. The topological polar surface area (TPSA) is 33.0 Å². The Bertz CT molecular complexity index is 862. The molecule has 1 unspecified atom stereocenters. The summed E-state index contributed by atoms with van der Waals surface area (Å²) in [5, 5.41) is 11.6. The lowest BCUT2D eigenvalue weighted by atomic mass is 9.87. The van der Waals surface area contributed by atoms with Gasteiger partial charge in [0.2, 0.25) is 0 Å². The molecule has 0 amide bonds. The van der Waals surface area contributed by atoms with Crippen LogP contribution in [0.15, 0.2) is 42.0 Å². The van der Waals surface area contributed by atoms with Gasteiger partial charge < -0.3 is 4.74 Å². The maximum atomic E-state index is 9.25. The van der Waals surface area contributed by atoms with Crippen LogP contribution >= 0.6 is 0 Å². The van der Waals surface area contributed by atoms with Crippen molar-refractivity contribution in [1.82, 2.24) is 0 Å². The van der Waals surface area contributed by atoms with Gasteiger partial charge in [-0.15, -0.1) is 0 Å². The number of fused-ring (bicyclic) bond motifs is 3. The average Bonchev–Trinajstić information content (AvgIpc) is 3.12. The van der Waals surface area contributed by atoms with Crippen LogP contribution in [-0.2, 0) is 0 Å². The summed E-state index contributed by atoms with van der Waals surface area (Å²) in [6, 6.07) is 6.49. The van der Waals surface area contributed by atoms with Crippen molar-refractivity contribution in [2.24, 2.45) is 5.92 Å². The second kappa shape index (κ2) is 4.79. The summed E-state index contributed by atoms with van der Waals surface area (Å²) in [6.45, 7) is 0.632. The van der Waals surface area contributed by atoms with Crippen LogP contribution in [0.3, 0.4) is 0 Å². The van der Waals surface area contributed by atoms with Gasteiger partial charge in [-0.1, -0.05) is 36.4 Å². The Morgan fingerprint density at radius 1 is 1.29 bits per heavy atom. The van der Waals surface area contributed by atoms with E-state index in [0.29, 0.717) is 18.9 Å². The van der Waals surface area contributed by atoms with Crippen molar-refractivity contribution in [3.8, 4) is 11.8 Å². The Kier molecular flexibility index (Phi) is 2.79. The average molecular weight is 273 g/mol. The summed E-state index contributed by atoms with van der Waals surface area (Å²) in [7, 11) is 0. The van der Waals surface area contributed by atoms with E-state index in [1.54, 1.807) is 0 Å². The third-order valence-electron chi connectivity index (χ3n) is 4.36. The van der Waals surface area contributed by atoms with E-state index >= 15 is 0 Å². The summed E-state index contributed by atoms with van der Waals surface area (Å²) >= 11 is 0. The highest BCUT2D eigenvalue weighted by molar-refractivity contribution is 5.84. The van der Waals surface area contributed by atoms with Crippen molar-refractivity contribution < 1.29 is 4.74 Å². The fraction of sp³-hybridized carbons (Fsp3) is 0.211. The van der Waals surface area contributed by atoms with Crippen LogP contribution in [0, 0.1) is 17.2 Å². The zero-order valence-electron chi connectivity index (χ0n) is 11.7. The van der Waals surface area contributed by atoms with Gasteiger partial charge in [0.1, 0.15) is 12.4 Å². The van der Waals surface area contributed by atoms with E-state index in [1.165, 1.54) is 27.1 Å².